The van der Waals surface area contributed by atoms with E-state index in [2.05, 4.69) is 10.6 Å². The molecular formula is C12H16IN3O3. The fourth-order valence-corrected chi connectivity index (χ4v) is 1.98. The van der Waals surface area contributed by atoms with Gasteiger partial charge in [-0.15, -0.1) is 0 Å². The summed E-state index contributed by atoms with van der Waals surface area (Å²) in [4.78, 5) is 21.9. The van der Waals surface area contributed by atoms with Crippen LogP contribution in [0.25, 0.3) is 0 Å². The van der Waals surface area contributed by atoms with Crippen LogP contribution in [0.4, 0.5) is 11.4 Å². The summed E-state index contributed by atoms with van der Waals surface area (Å²) in [5, 5.41) is 16.6. The maximum atomic E-state index is 11.4. The van der Waals surface area contributed by atoms with Gasteiger partial charge in [0.15, 0.2) is 0 Å². The van der Waals surface area contributed by atoms with Crippen LogP contribution in [0.3, 0.4) is 0 Å². The molecule has 6 nitrogen and oxygen atoms in total. The highest BCUT2D eigenvalue weighted by molar-refractivity contribution is 14.1. The monoisotopic (exact) mass is 377 g/mol. The number of carbonyl (C=O) groups excluding carboxylic acids is 1. The van der Waals surface area contributed by atoms with E-state index >= 15 is 0 Å². The third-order valence-corrected chi connectivity index (χ3v) is 2.94. The van der Waals surface area contributed by atoms with Crippen LogP contribution in [-0.4, -0.2) is 23.4 Å². The Morgan fingerprint density at radius 3 is 2.74 bits per heavy atom. The Hall–Kier alpha value is -1.38. The first kappa shape index (κ1) is 15.7. The first-order valence-electron chi connectivity index (χ1n) is 5.87. The van der Waals surface area contributed by atoms with Gasteiger partial charge in [-0.1, -0.05) is 0 Å². The Bertz CT molecular complexity index is 477. The van der Waals surface area contributed by atoms with Gasteiger partial charge in [-0.25, -0.2) is 0 Å². The molecule has 0 saturated carbocycles. The molecule has 0 aromatic heterocycles. The largest absolute Gasteiger partial charge is 0.379 e. The highest BCUT2D eigenvalue weighted by Crippen LogP contribution is 2.26. The fraction of sp³-hybridized carbons (Fsp3) is 0.417. The molecule has 7 heteroatoms. The predicted molar refractivity (Wildman–Crippen MR) is 82.2 cm³/mol. The van der Waals surface area contributed by atoms with Crippen molar-refractivity contribution in [3.63, 3.8) is 0 Å². The van der Waals surface area contributed by atoms with E-state index in [1.165, 1.54) is 6.07 Å². The van der Waals surface area contributed by atoms with E-state index in [0.717, 1.165) is 3.57 Å². The van der Waals surface area contributed by atoms with Crippen LogP contribution < -0.4 is 10.6 Å². The Morgan fingerprint density at radius 2 is 2.16 bits per heavy atom. The number of hydrogen-bond acceptors (Lipinski definition) is 4. The van der Waals surface area contributed by atoms with Gasteiger partial charge in [-0.05, 0) is 48.6 Å². The molecule has 1 aromatic rings. The van der Waals surface area contributed by atoms with Crippen molar-refractivity contribution in [2.45, 2.75) is 26.3 Å². The molecule has 104 valence electrons. The van der Waals surface area contributed by atoms with Crippen LogP contribution in [0, 0.1) is 13.7 Å². The van der Waals surface area contributed by atoms with E-state index in [9.17, 15) is 14.9 Å². The van der Waals surface area contributed by atoms with Crippen LogP contribution in [0.15, 0.2) is 18.2 Å². The molecule has 0 unspecified atom stereocenters. The average molecular weight is 377 g/mol. The maximum Gasteiger partial charge on any atom is 0.293 e. The number of nitro benzene ring substituents is 1. The molecule has 0 aliphatic heterocycles. The van der Waals surface area contributed by atoms with E-state index < -0.39 is 4.92 Å². The number of hydrogen-bond donors (Lipinski definition) is 2. The molecule has 0 fully saturated rings. The highest BCUT2D eigenvalue weighted by Gasteiger charge is 2.14. The van der Waals surface area contributed by atoms with Gasteiger partial charge < -0.3 is 10.6 Å². The van der Waals surface area contributed by atoms with Gasteiger partial charge in [0.25, 0.3) is 5.69 Å². The van der Waals surface area contributed by atoms with Gasteiger partial charge in [-0.3, -0.25) is 14.9 Å². The van der Waals surface area contributed by atoms with Crippen LogP contribution in [-0.2, 0) is 4.79 Å². The lowest BCUT2D eigenvalue weighted by molar-refractivity contribution is -0.384. The molecule has 1 amide bonds. The average Bonchev–Trinajstić information content (AvgIpc) is 2.29. The number of nitrogens with zero attached hydrogens (tertiary/aromatic N) is 1. The summed E-state index contributed by atoms with van der Waals surface area (Å²) in [5.41, 5.74) is 0.457. The van der Waals surface area contributed by atoms with Crippen molar-refractivity contribution in [3.8, 4) is 0 Å². The van der Waals surface area contributed by atoms with Crippen molar-refractivity contribution in [1.82, 2.24) is 5.32 Å². The first-order chi connectivity index (χ1) is 8.90. The molecule has 0 radical (unpaired) electrons. The van der Waals surface area contributed by atoms with Gasteiger partial charge in [0.05, 0.1) is 4.92 Å². The second kappa shape index (κ2) is 7.27. The van der Waals surface area contributed by atoms with Crippen molar-refractivity contribution in [2.75, 3.05) is 11.9 Å². The van der Waals surface area contributed by atoms with Crippen LogP contribution in [0.1, 0.15) is 20.3 Å². The van der Waals surface area contributed by atoms with Gasteiger partial charge in [-0.2, -0.15) is 0 Å². The fourth-order valence-electron chi connectivity index (χ4n) is 1.51. The maximum absolute atomic E-state index is 11.4. The van der Waals surface area contributed by atoms with Crippen molar-refractivity contribution in [1.29, 1.82) is 0 Å². The molecule has 0 saturated heterocycles. The lowest BCUT2D eigenvalue weighted by atomic mass is 10.2. The van der Waals surface area contributed by atoms with Crippen molar-refractivity contribution < 1.29 is 9.72 Å². The zero-order valence-electron chi connectivity index (χ0n) is 10.8. The molecule has 0 bridgehead atoms. The number of amides is 1. The third-order valence-electron chi connectivity index (χ3n) is 2.27. The zero-order valence-corrected chi connectivity index (χ0v) is 12.9. The molecule has 0 heterocycles. The lowest BCUT2D eigenvalue weighted by Gasteiger charge is -2.10. The highest BCUT2D eigenvalue weighted by atomic mass is 127. The van der Waals surface area contributed by atoms with Crippen molar-refractivity contribution in [2.24, 2.45) is 0 Å². The van der Waals surface area contributed by atoms with Gasteiger partial charge in [0.1, 0.15) is 5.69 Å². The number of rotatable bonds is 6. The summed E-state index contributed by atoms with van der Waals surface area (Å²) >= 11 is 2.02. The first-order valence-corrected chi connectivity index (χ1v) is 6.95. The second-order valence-electron chi connectivity index (χ2n) is 4.32. The molecule has 1 aromatic carbocycles. The number of carbonyl (C=O) groups is 1. The minimum Gasteiger partial charge on any atom is -0.379 e. The van der Waals surface area contributed by atoms with Gasteiger partial charge in [0.2, 0.25) is 5.91 Å². The Morgan fingerprint density at radius 1 is 1.47 bits per heavy atom. The summed E-state index contributed by atoms with van der Waals surface area (Å²) in [6.45, 7) is 4.13. The summed E-state index contributed by atoms with van der Waals surface area (Å²) < 4.78 is 0.799. The summed E-state index contributed by atoms with van der Waals surface area (Å²) in [6.07, 6.45) is 0.279. The summed E-state index contributed by atoms with van der Waals surface area (Å²) in [6, 6.07) is 5.03. The molecule has 0 aliphatic carbocycles. The number of benzene rings is 1. The van der Waals surface area contributed by atoms with Crippen LogP contribution in [0.2, 0.25) is 0 Å². The smallest absolute Gasteiger partial charge is 0.293 e. The minimum atomic E-state index is -0.432. The Balaban J connectivity index is 2.58. The van der Waals surface area contributed by atoms with Crippen LogP contribution in [0.5, 0.6) is 0 Å². The predicted octanol–water partition coefficient (Wildman–Crippen LogP) is 2.53. The molecule has 0 spiro atoms. The number of anilines is 1. The molecular weight excluding hydrogens is 361 g/mol. The second-order valence-corrected chi connectivity index (χ2v) is 5.56. The van der Waals surface area contributed by atoms with E-state index in [1.54, 1.807) is 12.1 Å². The molecule has 0 atom stereocenters. The van der Waals surface area contributed by atoms with E-state index in [-0.39, 0.29) is 24.1 Å². The SMILES string of the molecule is CC(C)NC(=O)CCNc1ccc(I)cc1[N+](=O)[O-]. The molecule has 1 rings (SSSR count). The topological polar surface area (TPSA) is 84.3 Å². The number of nitro groups is 1. The quantitative estimate of drug-likeness (QED) is 0.453. The standard InChI is InChI=1S/C12H16IN3O3/c1-8(2)15-12(17)5-6-14-10-4-3-9(13)7-11(10)16(18)19/h3-4,7-8,14H,5-6H2,1-2H3,(H,15,17). The molecule has 2 N–H and O–H groups in total. The molecule has 0 aliphatic rings. The van der Waals surface area contributed by atoms with Crippen molar-refractivity contribution >= 4 is 39.9 Å². The summed E-state index contributed by atoms with van der Waals surface area (Å²) in [7, 11) is 0. The van der Waals surface area contributed by atoms with E-state index in [1.807, 2.05) is 36.4 Å². The van der Waals surface area contributed by atoms with E-state index in [0.29, 0.717) is 12.2 Å². The Labute approximate surface area is 125 Å². The van der Waals surface area contributed by atoms with Gasteiger partial charge in [0, 0.05) is 28.6 Å². The molecule has 19 heavy (non-hydrogen) atoms. The minimum absolute atomic E-state index is 0.0242. The third kappa shape index (κ3) is 5.41. The number of nitrogens with one attached hydrogen (secondary N) is 2. The lowest BCUT2D eigenvalue weighted by Crippen LogP contribution is -2.31. The normalized spacial score (nSPS) is 10.3. The van der Waals surface area contributed by atoms with Gasteiger partial charge >= 0.3 is 0 Å². The van der Waals surface area contributed by atoms with E-state index in [4.69, 9.17) is 0 Å². The zero-order chi connectivity index (χ0) is 14.4. The van der Waals surface area contributed by atoms with Crippen LogP contribution >= 0.6 is 22.6 Å². The summed E-state index contributed by atoms with van der Waals surface area (Å²) in [5.74, 6) is -0.0735. The van der Waals surface area contributed by atoms with Crippen molar-refractivity contribution in [3.05, 3.63) is 31.9 Å². The number of halogens is 1. The Kier molecular flexibility index (Phi) is 6.00.